The molecule has 0 aliphatic carbocycles. The van der Waals surface area contributed by atoms with Crippen LogP contribution >= 0.6 is 11.6 Å². The molecule has 1 aliphatic rings. The van der Waals surface area contributed by atoms with Crippen LogP contribution in [0.2, 0.25) is 0 Å². The Morgan fingerprint density at radius 1 is 1.29 bits per heavy atom. The molecule has 1 aromatic rings. The number of nitrogens with one attached hydrogen (secondary N) is 1. The molecule has 2 nitrogen and oxygen atoms in total. The maximum Gasteiger partial charge on any atom is 0.174 e. The number of rotatable bonds is 1. The van der Waals surface area contributed by atoms with Gasteiger partial charge in [-0.05, 0) is 17.7 Å². The second-order valence-corrected chi connectivity index (χ2v) is 3.55. The van der Waals surface area contributed by atoms with Crippen LogP contribution < -0.4 is 5.32 Å². The lowest BCUT2D eigenvalue weighted by Crippen LogP contribution is -2.36. The molecular formula is C10H8ClFN2. The molecule has 1 unspecified atom stereocenters. The summed E-state index contributed by atoms with van der Waals surface area (Å²) in [5.41, 5.74) is 0.758. The van der Waals surface area contributed by atoms with E-state index < -0.39 is 5.00 Å². The lowest BCUT2D eigenvalue weighted by atomic mass is 10.1. The Balaban J connectivity index is 2.34. The zero-order valence-electron chi connectivity index (χ0n) is 7.24. The molecular weight excluding hydrogens is 203 g/mol. The van der Waals surface area contributed by atoms with Gasteiger partial charge in [-0.15, -0.1) is 0 Å². The third-order valence-electron chi connectivity index (χ3n) is 1.97. The molecule has 1 aromatic carbocycles. The van der Waals surface area contributed by atoms with Crippen molar-refractivity contribution in [3.05, 3.63) is 48.0 Å². The van der Waals surface area contributed by atoms with E-state index in [9.17, 15) is 4.39 Å². The summed E-state index contributed by atoms with van der Waals surface area (Å²) in [5, 5.41) is 2.94. The molecule has 0 spiro atoms. The van der Waals surface area contributed by atoms with Crippen LogP contribution in [-0.4, -0.2) is 6.21 Å². The fraction of sp³-hybridized carbons (Fsp3) is 0.100. The number of hydrogen-bond donors (Lipinski definition) is 1. The summed E-state index contributed by atoms with van der Waals surface area (Å²) in [6, 6.07) is 5.99. The molecule has 0 radical (unpaired) electrons. The van der Waals surface area contributed by atoms with Crippen molar-refractivity contribution in [3.63, 3.8) is 0 Å². The average Bonchev–Trinajstić information content (AvgIpc) is 2.19. The maximum absolute atomic E-state index is 12.7. The number of nitrogens with zero attached hydrogens (tertiary/aromatic N) is 1. The number of aliphatic imine (C=N–C) groups is 1. The van der Waals surface area contributed by atoms with Gasteiger partial charge in [-0.1, -0.05) is 23.7 Å². The molecule has 0 aromatic heterocycles. The topological polar surface area (TPSA) is 24.4 Å². The molecule has 14 heavy (non-hydrogen) atoms. The van der Waals surface area contributed by atoms with Crippen LogP contribution in [0.1, 0.15) is 5.56 Å². The Morgan fingerprint density at radius 3 is 2.57 bits per heavy atom. The monoisotopic (exact) mass is 210 g/mol. The van der Waals surface area contributed by atoms with Gasteiger partial charge < -0.3 is 5.32 Å². The van der Waals surface area contributed by atoms with Crippen LogP contribution in [0.25, 0.3) is 0 Å². The zero-order valence-corrected chi connectivity index (χ0v) is 8.00. The lowest BCUT2D eigenvalue weighted by molar-refractivity contribution is 0.624. The minimum absolute atomic E-state index is 0.280. The van der Waals surface area contributed by atoms with Crippen LogP contribution in [-0.2, 0) is 5.00 Å². The van der Waals surface area contributed by atoms with Crippen LogP contribution in [0.4, 0.5) is 4.39 Å². The lowest BCUT2D eigenvalue weighted by Gasteiger charge is -2.25. The van der Waals surface area contributed by atoms with Crippen molar-refractivity contribution < 1.29 is 4.39 Å². The van der Waals surface area contributed by atoms with Crippen molar-refractivity contribution in [1.29, 1.82) is 0 Å². The highest BCUT2D eigenvalue weighted by molar-refractivity contribution is 6.32. The first-order valence-corrected chi connectivity index (χ1v) is 4.50. The molecule has 1 atom stereocenters. The standard InChI is InChI=1S/C10H8ClFN2/c11-10(7-13-5-6-14-10)8-1-3-9(12)4-2-8/h1-7,14H. The van der Waals surface area contributed by atoms with E-state index in [-0.39, 0.29) is 5.82 Å². The Labute approximate surface area is 86.1 Å². The van der Waals surface area contributed by atoms with E-state index in [1.54, 1.807) is 30.7 Å². The minimum Gasteiger partial charge on any atom is -0.363 e. The average molecular weight is 211 g/mol. The largest absolute Gasteiger partial charge is 0.363 e. The third kappa shape index (κ3) is 1.63. The number of halogens is 2. The Hall–Kier alpha value is -1.35. The molecule has 1 heterocycles. The van der Waals surface area contributed by atoms with E-state index in [2.05, 4.69) is 10.3 Å². The summed E-state index contributed by atoms with van der Waals surface area (Å²) < 4.78 is 12.7. The first-order valence-electron chi connectivity index (χ1n) is 4.13. The highest BCUT2D eigenvalue weighted by Gasteiger charge is 2.26. The van der Waals surface area contributed by atoms with Crippen LogP contribution in [0.5, 0.6) is 0 Å². The normalized spacial score (nSPS) is 24.7. The summed E-state index contributed by atoms with van der Waals surface area (Å²) in [6.07, 6.45) is 4.82. The van der Waals surface area contributed by atoms with Crippen molar-refractivity contribution in [3.8, 4) is 0 Å². The predicted molar refractivity (Wildman–Crippen MR) is 54.7 cm³/mol. The van der Waals surface area contributed by atoms with Gasteiger partial charge in [0.15, 0.2) is 5.00 Å². The van der Waals surface area contributed by atoms with E-state index in [0.717, 1.165) is 5.56 Å². The van der Waals surface area contributed by atoms with Crippen LogP contribution in [0.15, 0.2) is 41.7 Å². The van der Waals surface area contributed by atoms with Crippen molar-refractivity contribution in [2.24, 2.45) is 4.99 Å². The molecule has 0 saturated heterocycles. The summed E-state index contributed by atoms with van der Waals surface area (Å²) in [4.78, 5) is 3.08. The fourth-order valence-electron chi connectivity index (χ4n) is 1.23. The Kier molecular flexibility index (Phi) is 2.25. The van der Waals surface area contributed by atoms with E-state index in [1.807, 2.05) is 0 Å². The van der Waals surface area contributed by atoms with Crippen molar-refractivity contribution in [2.45, 2.75) is 5.00 Å². The quantitative estimate of drug-likeness (QED) is 0.559. The van der Waals surface area contributed by atoms with Crippen LogP contribution in [0.3, 0.4) is 0 Å². The zero-order chi connectivity index (χ0) is 10.0. The maximum atomic E-state index is 12.7. The second kappa shape index (κ2) is 3.42. The molecule has 72 valence electrons. The van der Waals surface area contributed by atoms with Gasteiger partial charge >= 0.3 is 0 Å². The van der Waals surface area contributed by atoms with E-state index in [0.29, 0.717) is 0 Å². The molecule has 0 bridgehead atoms. The molecule has 4 heteroatoms. The van der Waals surface area contributed by atoms with Gasteiger partial charge in [0.05, 0.1) is 0 Å². The van der Waals surface area contributed by atoms with Gasteiger partial charge in [-0.2, -0.15) is 0 Å². The fourth-order valence-corrected chi connectivity index (χ4v) is 1.48. The third-order valence-corrected chi connectivity index (χ3v) is 2.40. The van der Waals surface area contributed by atoms with Gasteiger partial charge in [-0.25, -0.2) is 4.39 Å². The summed E-state index contributed by atoms with van der Waals surface area (Å²) >= 11 is 6.22. The van der Waals surface area contributed by atoms with Gasteiger partial charge in [0.2, 0.25) is 0 Å². The molecule has 0 amide bonds. The van der Waals surface area contributed by atoms with Gasteiger partial charge in [-0.3, -0.25) is 4.99 Å². The van der Waals surface area contributed by atoms with Crippen molar-refractivity contribution in [1.82, 2.24) is 5.32 Å². The highest BCUT2D eigenvalue weighted by Crippen LogP contribution is 2.25. The van der Waals surface area contributed by atoms with E-state index >= 15 is 0 Å². The van der Waals surface area contributed by atoms with E-state index in [1.165, 1.54) is 12.1 Å². The predicted octanol–water partition coefficient (Wildman–Crippen LogP) is 2.36. The van der Waals surface area contributed by atoms with Gasteiger partial charge in [0, 0.05) is 18.6 Å². The number of hydrogen-bond acceptors (Lipinski definition) is 2. The smallest absolute Gasteiger partial charge is 0.174 e. The first-order chi connectivity index (χ1) is 6.71. The van der Waals surface area contributed by atoms with Crippen molar-refractivity contribution in [2.75, 3.05) is 0 Å². The highest BCUT2D eigenvalue weighted by atomic mass is 35.5. The molecule has 1 N–H and O–H groups in total. The van der Waals surface area contributed by atoms with E-state index in [4.69, 9.17) is 11.6 Å². The Morgan fingerprint density at radius 2 is 2.00 bits per heavy atom. The minimum atomic E-state index is -0.859. The molecule has 0 fully saturated rings. The molecule has 0 saturated carbocycles. The SMILES string of the molecule is Fc1ccc(C2(Cl)C=NC=CN2)cc1. The van der Waals surface area contributed by atoms with Crippen LogP contribution in [0, 0.1) is 5.82 Å². The second-order valence-electron chi connectivity index (χ2n) is 2.96. The first kappa shape index (κ1) is 9.21. The van der Waals surface area contributed by atoms with Gasteiger partial charge in [0.1, 0.15) is 5.82 Å². The summed E-state index contributed by atoms with van der Waals surface area (Å²) in [6.45, 7) is 0. The molecule has 2 rings (SSSR count). The number of benzene rings is 1. The molecule has 1 aliphatic heterocycles. The Bertz CT molecular complexity index is 386. The van der Waals surface area contributed by atoms with Gasteiger partial charge in [0.25, 0.3) is 0 Å². The number of alkyl halides is 1. The summed E-state index contributed by atoms with van der Waals surface area (Å²) in [7, 11) is 0. The summed E-state index contributed by atoms with van der Waals surface area (Å²) in [5.74, 6) is -0.280. The van der Waals surface area contributed by atoms with Crippen molar-refractivity contribution >= 4 is 17.8 Å².